The molecule has 0 aliphatic heterocycles. The SMILES string of the molecule is C/C=C(/C=C/C(=O)O)CC. The molecule has 1 N–H and O–H groups in total. The van der Waals surface area contributed by atoms with Crippen molar-refractivity contribution < 1.29 is 9.90 Å². The van der Waals surface area contributed by atoms with Crippen LogP contribution < -0.4 is 0 Å². The number of carboxylic acid groups (broad SMARTS) is 1. The maximum absolute atomic E-state index is 10.0. The first-order valence-corrected chi connectivity index (χ1v) is 3.27. The van der Waals surface area contributed by atoms with Gasteiger partial charge in [-0.3, -0.25) is 0 Å². The van der Waals surface area contributed by atoms with Crippen molar-refractivity contribution in [3.05, 3.63) is 23.8 Å². The molecular weight excluding hydrogens is 128 g/mol. The van der Waals surface area contributed by atoms with Crippen LogP contribution >= 0.6 is 0 Å². The molecule has 0 aliphatic rings. The molecule has 0 unspecified atom stereocenters. The molecule has 2 nitrogen and oxygen atoms in total. The molecule has 0 saturated carbocycles. The molecule has 0 aliphatic carbocycles. The fourth-order valence-electron chi connectivity index (χ4n) is 0.597. The van der Waals surface area contributed by atoms with Gasteiger partial charge in [0.1, 0.15) is 0 Å². The summed E-state index contributed by atoms with van der Waals surface area (Å²) in [5, 5.41) is 8.24. The topological polar surface area (TPSA) is 37.3 Å². The van der Waals surface area contributed by atoms with E-state index in [-0.39, 0.29) is 0 Å². The van der Waals surface area contributed by atoms with Crippen LogP contribution in [-0.4, -0.2) is 11.1 Å². The highest BCUT2D eigenvalue weighted by molar-refractivity contribution is 5.80. The van der Waals surface area contributed by atoms with Crippen LogP contribution in [0.1, 0.15) is 20.3 Å². The summed E-state index contributed by atoms with van der Waals surface area (Å²) in [7, 11) is 0. The molecule has 0 atom stereocenters. The summed E-state index contributed by atoms with van der Waals surface area (Å²) in [6, 6.07) is 0. The Balaban J connectivity index is 3.98. The van der Waals surface area contributed by atoms with Gasteiger partial charge in [0.2, 0.25) is 0 Å². The van der Waals surface area contributed by atoms with Crippen molar-refractivity contribution in [2.45, 2.75) is 20.3 Å². The van der Waals surface area contributed by atoms with Gasteiger partial charge in [0, 0.05) is 6.08 Å². The van der Waals surface area contributed by atoms with Gasteiger partial charge in [0.15, 0.2) is 0 Å². The van der Waals surface area contributed by atoms with Crippen molar-refractivity contribution in [1.82, 2.24) is 0 Å². The Bertz CT molecular complexity index is 166. The average Bonchev–Trinajstić information content (AvgIpc) is 1.90. The number of carboxylic acids is 1. The Hall–Kier alpha value is -1.05. The predicted molar refractivity (Wildman–Crippen MR) is 40.8 cm³/mol. The van der Waals surface area contributed by atoms with E-state index in [1.54, 1.807) is 6.08 Å². The summed E-state index contributed by atoms with van der Waals surface area (Å²) in [4.78, 5) is 10.0. The highest BCUT2D eigenvalue weighted by Crippen LogP contribution is 2.00. The lowest BCUT2D eigenvalue weighted by Crippen LogP contribution is -1.86. The molecule has 0 saturated heterocycles. The highest BCUT2D eigenvalue weighted by Gasteiger charge is 1.87. The standard InChI is InChI=1S/C8H12O2/c1-3-7(4-2)5-6-8(9)10/h3,5-6H,4H2,1-2H3,(H,9,10)/b6-5+,7-3+. The molecule has 0 aromatic heterocycles. The quantitative estimate of drug-likeness (QED) is 0.480. The van der Waals surface area contributed by atoms with E-state index in [9.17, 15) is 4.79 Å². The van der Waals surface area contributed by atoms with Gasteiger partial charge in [-0.1, -0.05) is 24.6 Å². The second kappa shape index (κ2) is 4.79. The Morgan fingerprint density at radius 1 is 1.50 bits per heavy atom. The molecule has 0 fully saturated rings. The van der Waals surface area contributed by atoms with E-state index < -0.39 is 5.97 Å². The third-order valence-electron chi connectivity index (χ3n) is 1.22. The summed E-state index contributed by atoms with van der Waals surface area (Å²) in [5.74, 6) is -0.896. The van der Waals surface area contributed by atoms with Crippen molar-refractivity contribution in [1.29, 1.82) is 0 Å². The van der Waals surface area contributed by atoms with Crippen molar-refractivity contribution in [2.24, 2.45) is 0 Å². The minimum absolute atomic E-state index is 0.875. The minimum Gasteiger partial charge on any atom is -0.478 e. The molecule has 0 rings (SSSR count). The summed E-state index contributed by atoms with van der Waals surface area (Å²) in [6.45, 7) is 3.88. The van der Waals surface area contributed by atoms with Gasteiger partial charge >= 0.3 is 5.97 Å². The fraction of sp³-hybridized carbons (Fsp3) is 0.375. The molecule has 10 heavy (non-hydrogen) atoms. The van der Waals surface area contributed by atoms with Crippen molar-refractivity contribution >= 4 is 5.97 Å². The van der Waals surface area contributed by atoms with E-state index in [2.05, 4.69) is 0 Å². The zero-order valence-electron chi connectivity index (χ0n) is 6.29. The average molecular weight is 140 g/mol. The van der Waals surface area contributed by atoms with Gasteiger partial charge in [-0.25, -0.2) is 4.79 Å². The van der Waals surface area contributed by atoms with Crippen LogP contribution in [-0.2, 0) is 4.79 Å². The molecular formula is C8H12O2. The zero-order valence-corrected chi connectivity index (χ0v) is 6.29. The van der Waals surface area contributed by atoms with Crippen LogP contribution in [0.2, 0.25) is 0 Å². The highest BCUT2D eigenvalue weighted by atomic mass is 16.4. The first-order valence-electron chi connectivity index (χ1n) is 3.27. The normalized spacial score (nSPS) is 12.4. The molecule has 0 bridgehead atoms. The van der Waals surface area contributed by atoms with Crippen LogP contribution in [0.5, 0.6) is 0 Å². The van der Waals surface area contributed by atoms with E-state index in [0.29, 0.717) is 0 Å². The predicted octanol–water partition coefficient (Wildman–Crippen LogP) is 1.98. The number of hydrogen-bond donors (Lipinski definition) is 1. The molecule has 56 valence electrons. The lowest BCUT2D eigenvalue weighted by molar-refractivity contribution is -0.131. The van der Waals surface area contributed by atoms with E-state index >= 15 is 0 Å². The molecule has 0 heterocycles. The van der Waals surface area contributed by atoms with E-state index in [1.165, 1.54) is 0 Å². The number of carbonyl (C=O) groups is 1. The summed E-state index contributed by atoms with van der Waals surface area (Å²) in [5.41, 5.74) is 1.04. The van der Waals surface area contributed by atoms with Gasteiger partial charge in [-0.2, -0.15) is 0 Å². The first kappa shape index (κ1) is 8.95. The van der Waals surface area contributed by atoms with Crippen LogP contribution in [0.3, 0.4) is 0 Å². The Morgan fingerprint density at radius 3 is 2.40 bits per heavy atom. The van der Waals surface area contributed by atoms with E-state index in [0.717, 1.165) is 18.1 Å². The van der Waals surface area contributed by atoms with E-state index in [1.807, 2.05) is 19.9 Å². The van der Waals surface area contributed by atoms with Gasteiger partial charge < -0.3 is 5.11 Å². The zero-order chi connectivity index (χ0) is 7.98. The van der Waals surface area contributed by atoms with Crippen LogP contribution in [0.15, 0.2) is 23.8 Å². The van der Waals surface area contributed by atoms with Crippen LogP contribution in [0.4, 0.5) is 0 Å². The molecule has 0 spiro atoms. The van der Waals surface area contributed by atoms with Gasteiger partial charge in [0.25, 0.3) is 0 Å². The van der Waals surface area contributed by atoms with Crippen molar-refractivity contribution in [3.63, 3.8) is 0 Å². The lowest BCUT2D eigenvalue weighted by Gasteiger charge is -1.90. The molecule has 0 aromatic rings. The monoisotopic (exact) mass is 140 g/mol. The third-order valence-corrected chi connectivity index (χ3v) is 1.22. The summed E-state index contributed by atoms with van der Waals surface area (Å²) >= 11 is 0. The van der Waals surface area contributed by atoms with Crippen LogP contribution in [0.25, 0.3) is 0 Å². The van der Waals surface area contributed by atoms with Gasteiger partial charge in [0.05, 0.1) is 0 Å². The number of rotatable bonds is 3. The maximum atomic E-state index is 10.0. The van der Waals surface area contributed by atoms with Gasteiger partial charge in [-0.05, 0) is 13.3 Å². The molecule has 0 aromatic carbocycles. The second-order valence-corrected chi connectivity index (χ2v) is 1.89. The third kappa shape index (κ3) is 3.89. The molecule has 0 amide bonds. The summed E-state index contributed by atoms with van der Waals surface area (Å²) in [6.07, 6.45) is 5.54. The van der Waals surface area contributed by atoms with Crippen molar-refractivity contribution in [2.75, 3.05) is 0 Å². The van der Waals surface area contributed by atoms with Crippen LogP contribution in [0, 0.1) is 0 Å². The summed E-state index contributed by atoms with van der Waals surface area (Å²) < 4.78 is 0. The number of allylic oxidation sites excluding steroid dienone is 3. The Labute approximate surface area is 60.9 Å². The largest absolute Gasteiger partial charge is 0.478 e. The van der Waals surface area contributed by atoms with Gasteiger partial charge in [-0.15, -0.1) is 0 Å². The Kier molecular flexibility index (Phi) is 4.29. The van der Waals surface area contributed by atoms with E-state index in [4.69, 9.17) is 5.11 Å². The maximum Gasteiger partial charge on any atom is 0.328 e. The Morgan fingerprint density at radius 2 is 2.10 bits per heavy atom. The molecule has 0 radical (unpaired) electrons. The fourth-order valence-corrected chi connectivity index (χ4v) is 0.597. The second-order valence-electron chi connectivity index (χ2n) is 1.89. The lowest BCUT2D eigenvalue weighted by atomic mass is 10.2. The number of aliphatic carboxylic acids is 1. The minimum atomic E-state index is -0.896. The van der Waals surface area contributed by atoms with Crippen molar-refractivity contribution in [3.8, 4) is 0 Å². The smallest absolute Gasteiger partial charge is 0.328 e. The first-order chi connectivity index (χ1) is 4.70. The molecule has 2 heteroatoms. The number of hydrogen-bond acceptors (Lipinski definition) is 1.